The molecule has 3 rings (SSSR count). The number of hydrogen-bond acceptors (Lipinski definition) is 3. The van der Waals surface area contributed by atoms with Crippen LogP contribution < -0.4 is 10.5 Å². The highest BCUT2D eigenvalue weighted by Gasteiger charge is 2.03. The van der Waals surface area contributed by atoms with Crippen molar-refractivity contribution in [2.45, 2.75) is 6.92 Å². The number of nitrogen functional groups attached to an aromatic ring is 1. The molecule has 0 saturated carbocycles. The first-order chi connectivity index (χ1) is 9.61. The predicted octanol–water partition coefficient (Wildman–Crippen LogP) is 4.68. The topological polar surface area (TPSA) is 48.1 Å². The molecule has 0 spiro atoms. The number of pyridine rings is 1. The fourth-order valence-corrected chi connectivity index (χ4v) is 2.23. The molecule has 1 heterocycles. The highest BCUT2D eigenvalue weighted by atomic mass is 79.9. The lowest BCUT2D eigenvalue weighted by atomic mass is 10.2. The lowest BCUT2D eigenvalue weighted by Crippen LogP contribution is -1.90. The van der Waals surface area contributed by atoms with Gasteiger partial charge in [0, 0.05) is 21.6 Å². The Hall–Kier alpha value is -2.07. The van der Waals surface area contributed by atoms with Crippen LogP contribution in [0.5, 0.6) is 11.6 Å². The number of benzene rings is 2. The fourth-order valence-electron chi connectivity index (χ4n) is 1.98. The summed E-state index contributed by atoms with van der Waals surface area (Å²) in [7, 11) is 0. The van der Waals surface area contributed by atoms with E-state index in [0.29, 0.717) is 5.88 Å². The highest BCUT2D eigenvalue weighted by molar-refractivity contribution is 9.10. The summed E-state index contributed by atoms with van der Waals surface area (Å²) in [5, 5.41) is 1.00. The van der Waals surface area contributed by atoms with E-state index in [9.17, 15) is 0 Å². The third kappa shape index (κ3) is 2.60. The van der Waals surface area contributed by atoms with E-state index >= 15 is 0 Å². The molecule has 0 radical (unpaired) electrons. The summed E-state index contributed by atoms with van der Waals surface area (Å²) in [4.78, 5) is 4.47. The Morgan fingerprint density at radius 3 is 2.70 bits per heavy atom. The maximum Gasteiger partial charge on any atom is 0.219 e. The molecule has 0 unspecified atom stereocenters. The molecule has 2 N–H and O–H groups in total. The van der Waals surface area contributed by atoms with Gasteiger partial charge in [-0.3, -0.25) is 0 Å². The average molecular weight is 329 g/mol. The standard InChI is InChI=1S/C16H13BrN2O/c1-10-8-13(4-5-14(10)17)20-16-7-2-11-9-12(18)3-6-15(11)19-16/h2-9H,18H2,1H3. The maximum absolute atomic E-state index is 5.79. The first-order valence-corrected chi connectivity index (χ1v) is 7.01. The van der Waals surface area contributed by atoms with Crippen molar-refractivity contribution >= 4 is 32.5 Å². The molecular weight excluding hydrogens is 316 g/mol. The summed E-state index contributed by atoms with van der Waals surface area (Å²) < 4.78 is 6.85. The van der Waals surface area contributed by atoms with Crippen LogP contribution in [0.4, 0.5) is 5.69 Å². The van der Waals surface area contributed by atoms with Crippen molar-refractivity contribution in [3.8, 4) is 11.6 Å². The van der Waals surface area contributed by atoms with E-state index < -0.39 is 0 Å². The van der Waals surface area contributed by atoms with Crippen LogP contribution in [0, 0.1) is 6.92 Å². The van der Waals surface area contributed by atoms with Gasteiger partial charge in [-0.2, -0.15) is 0 Å². The third-order valence-corrected chi connectivity index (χ3v) is 3.93. The normalized spacial score (nSPS) is 10.7. The molecule has 0 aliphatic carbocycles. The van der Waals surface area contributed by atoms with Crippen LogP contribution in [0.3, 0.4) is 0 Å². The van der Waals surface area contributed by atoms with Crippen molar-refractivity contribution < 1.29 is 4.74 Å². The van der Waals surface area contributed by atoms with Crippen molar-refractivity contribution in [3.05, 3.63) is 58.6 Å². The van der Waals surface area contributed by atoms with Crippen LogP contribution in [0.1, 0.15) is 5.56 Å². The molecule has 0 bridgehead atoms. The van der Waals surface area contributed by atoms with Crippen LogP contribution >= 0.6 is 15.9 Å². The first-order valence-electron chi connectivity index (χ1n) is 6.22. The van der Waals surface area contributed by atoms with E-state index in [1.807, 2.05) is 55.5 Å². The van der Waals surface area contributed by atoms with Gasteiger partial charge < -0.3 is 10.5 Å². The monoisotopic (exact) mass is 328 g/mol. The molecule has 100 valence electrons. The number of anilines is 1. The molecule has 2 aromatic carbocycles. The second kappa shape index (κ2) is 5.13. The molecule has 1 aromatic heterocycles. The van der Waals surface area contributed by atoms with Gasteiger partial charge in [-0.25, -0.2) is 4.98 Å². The minimum Gasteiger partial charge on any atom is -0.439 e. The highest BCUT2D eigenvalue weighted by Crippen LogP contribution is 2.26. The van der Waals surface area contributed by atoms with Crippen LogP contribution in [0.2, 0.25) is 0 Å². The van der Waals surface area contributed by atoms with E-state index in [1.54, 1.807) is 0 Å². The van der Waals surface area contributed by atoms with Gasteiger partial charge in [-0.05, 0) is 55.0 Å². The molecule has 3 nitrogen and oxygen atoms in total. The zero-order chi connectivity index (χ0) is 14.1. The average Bonchev–Trinajstić information content (AvgIpc) is 2.43. The molecule has 0 amide bonds. The van der Waals surface area contributed by atoms with E-state index in [1.165, 1.54) is 0 Å². The van der Waals surface area contributed by atoms with Crippen molar-refractivity contribution in [1.82, 2.24) is 4.98 Å². The molecule has 0 aliphatic heterocycles. The largest absolute Gasteiger partial charge is 0.439 e. The summed E-state index contributed by atoms with van der Waals surface area (Å²) in [5.41, 5.74) is 8.47. The smallest absolute Gasteiger partial charge is 0.219 e. The van der Waals surface area contributed by atoms with Gasteiger partial charge in [0.2, 0.25) is 5.88 Å². The summed E-state index contributed by atoms with van der Waals surface area (Å²) in [6.45, 7) is 2.02. The van der Waals surface area contributed by atoms with Crippen molar-refractivity contribution in [2.75, 3.05) is 5.73 Å². The van der Waals surface area contributed by atoms with Crippen molar-refractivity contribution in [2.24, 2.45) is 0 Å². The van der Waals surface area contributed by atoms with Gasteiger partial charge >= 0.3 is 0 Å². The Bertz CT molecular complexity index is 787. The molecular formula is C16H13BrN2O. The van der Waals surface area contributed by atoms with E-state index in [0.717, 1.165) is 32.4 Å². The number of hydrogen-bond donors (Lipinski definition) is 1. The number of nitrogens with zero attached hydrogens (tertiary/aromatic N) is 1. The Morgan fingerprint density at radius 1 is 1.05 bits per heavy atom. The molecule has 20 heavy (non-hydrogen) atoms. The summed E-state index contributed by atoms with van der Waals surface area (Å²) in [5.74, 6) is 1.34. The molecule has 0 fully saturated rings. The Kier molecular flexibility index (Phi) is 3.32. The second-order valence-corrected chi connectivity index (χ2v) is 5.47. The Balaban J connectivity index is 1.94. The second-order valence-electron chi connectivity index (χ2n) is 4.61. The first kappa shape index (κ1) is 12.9. The van der Waals surface area contributed by atoms with Crippen LogP contribution in [0.15, 0.2) is 53.0 Å². The minimum atomic E-state index is 0.573. The van der Waals surface area contributed by atoms with Gasteiger partial charge in [0.25, 0.3) is 0 Å². The number of halogens is 1. The van der Waals surface area contributed by atoms with Gasteiger partial charge in [0.05, 0.1) is 5.52 Å². The number of aryl methyl sites for hydroxylation is 1. The maximum atomic E-state index is 5.79. The quantitative estimate of drug-likeness (QED) is 0.695. The fraction of sp³-hybridized carbons (Fsp3) is 0.0625. The molecule has 4 heteroatoms. The van der Waals surface area contributed by atoms with Crippen LogP contribution in [-0.2, 0) is 0 Å². The minimum absolute atomic E-state index is 0.573. The lowest BCUT2D eigenvalue weighted by Gasteiger charge is -2.07. The Labute approximate surface area is 125 Å². The number of rotatable bonds is 2. The van der Waals surface area contributed by atoms with Gasteiger partial charge in [-0.15, -0.1) is 0 Å². The molecule has 0 atom stereocenters. The van der Waals surface area contributed by atoms with Crippen molar-refractivity contribution in [1.29, 1.82) is 0 Å². The molecule has 0 aliphatic rings. The van der Waals surface area contributed by atoms with E-state index in [2.05, 4.69) is 20.9 Å². The number of fused-ring (bicyclic) bond motifs is 1. The number of ether oxygens (including phenoxy) is 1. The van der Waals surface area contributed by atoms with Gasteiger partial charge in [0.1, 0.15) is 5.75 Å². The predicted molar refractivity (Wildman–Crippen MR) is 85.1 cm³/mol. The SMILES string of the molecule is Cc1cc(Oc2ccc3cc(N)ccc3n2)ccc1Br. The third-order valence-electron chi connectivity index (χ3n) is 3.04. The van der Waals surface area contributed by atoms with Crippen molar-refractivity contribution in [3.63, 3.8) is 0 Å². The Morgan fingerprint density at radius 2 is 1.90 bits per heavy atom. The van der Waals surface area contributed by atoms with E-state index in [4.69, 9.17) is 10.5 Å². The molecule has 3 aromatic rings. The van der Waals surface area contributed by atoms with E-state index in [-0.39, 0.29) is 0 Å². The van der Waals surface area contributed by atoms with Crippen LogP contribution in [0.25, 0.3) is 10.9 Å². The zero-order valence-corrected chi connectivity index (χ0v) is 12.5. The zero-order valence-electron chi connectivity index (χ0n) is 10.9. The number of aromatic nitrogens is 1. The summed E-state index contributed by atoms with van der Waals surface area (Å²) >= 11 is 3.47. The van der Waals surface area contributed by atoms with Gasteiger partial charge in [0.15, 0.2) is 0 Å². The summed E-state index contributed by atoms with van der Waals surface area (Å²) in [6, 6.07) is 15.3. The van der Waals surface area contributed by atoms with Crippen LogP contribution in [-0.4, -0.2) is 4.98 Å². The molecule has 0 saturated heterocycles. The van der Waals surface area contributed by atoms with Gasteiger partial charge in [-0.1, -0.05) is 15.9 Å². The lowest BCUT2D eigenvalue weighted by molar-refractivity contribution is 0.464. The number of nitrogens with two attached hydrogens (primary N) is 1. The summed E-state index contributed by atoms with van der Waals surface area (Å²) in [6.07, 6.45) is 0.